The van der Waals surface area contributed by atoms with E-state index >= 15 is 0 Å². The van der Waals surface area contributed by atoms with Crippen LogP contribution in [0.1, 0.15) is 58.3 Å². The molecule has 3 aliphatic rings. The largest absolute Gasteiger partial charge is 0.416 e. The minimum Gasteiger partial charge on any atom is -0.378 e. The van der Waals surface area contributed by atoms with E-state index in [0.29, 0.717) is 34.9 Å². The van der Waals surface area contributed by atoms with Crippen LogP contribution in [0.25, 0.3) is 0 Å². The second kappa shape index (κ2) is 7.90. The number of amides is 1. The lowest BCUT2D eigenvalue weighted by molar-refractivity contribution is -0.137. The zero-order valence-corrected chi connectivity index (χ0v) is 18.5. The zero-order chi connectivity index (χ0) is 23.4. The summed E-state index contributed by atoms with van der Waals surface area (Å²) in [5.74, 6) is 1.93. The van der Waals surface area contributed by atoms with Crippen molar-refractivity contribution in [3.63, 3.8) is 0 Å². The predicted octanol–water partition coefficient (Wildman–Crippen LogP) is 7.25. The van der Waals surface area contributed by atoms with Gasteiger partial charge in [0.2, 0.25) is 0 Å². The number of benzene rings is 3. The molecule has 3 nitrogen and oxygen atoms in total. The summed E-state index contributed by atoms with van der Waals surface area (Å²) < 4.78 is 38.5. The van der Waals surface area contributed by atoms with Gasteiger partial charge in [0, 0.05) is 16.9 Å². The standard InChI is InChI=1S/C28H25F3N2O/c29-28(30,31)20-9-11-21(12-10-20)32-27(34)19-8-13-23-22(15-19)24-17-6-7-18(14-17)25(24)26(33-23)16-4-2-1-3-5-16/h1-5,8-13,15,17-18,24-26,33H,6-7,14H2,(H,32,34)/t17-,18-,24-,25+,26-/m0/s1. The SMILES string of the molecule is O=C(Nc1ccc(C(F)(F)F)cc1)c1ccc2c(c1)[C@@H]1[C@H]3CC[C@@H](C3)[C@H]1[C@H](c1ccccc1)N2. The highest BCUT2D eigenvalue weighted by atomic mass is 19.4. The molecule has 0 radical (unpaired) electrons. The van der Waals surface area contributed by atoms with E-state index in [1.54, 1.807) is 6.07 Å². The van der Waals surface area contributed by atoms with Gasteiger partial charge in [-0.25, -0.2) is 0 Å². The van der Waals surface area contributed by atoms with E-state index in [2.05, 4.69) is 34.9 Å². The molecule has 0 aromatic heterocycles. The van der Waals surface area contributed by atoms with E-state index in [1.165, 1.54) is 42.5 Å². The molecule has 0 unspecified atom stereocenters. The Balaban J connectivity index is 1.29. The second-order valence-corrected chi connectivity index (χ2v) is 9.80. The molecule has 34 heavy (non-hydrogen) atoms. The number of alkyl halides is 3. The summed E-state index contributed by atoms with van der Waals surface area (Å²) in [6, 6.07) is 21.2. The van der Waals surface area contributed by atoms with Crippen LogP contribution in [0, 0.1) is 17.8 Å². The summed E-state index contributed by atoms with van der Waals surface area (Å²) in [7, 11) is 0. The van der Waals surface area contributed by atoms with Crippen LogP contribution in [0.15, 0.2) is 72.8 Å². The van der Waals surface area contributed by atoms with Gasteiger partial charge in [-0.15, -0.1) is 0 Å². The van der Waals surface area contributed by atoms with Gasteiger partial charge in [-0.05, 0) is 96.5 Å². The van der Waals surface area contributed by atoms with Crippen LogP contribution in [0.3, 0.4) is 0 Å². The number of fused-ring (bicyclic) bond motifs is 7. The molecule has 2 aliphatic carbocycles. The van der Waals surface area contributed by atoms with E-state index in [4.69, 9.17) is 0 Å². The van der Waals surface area contributed by atoms with Crippen LogP contribution in [-0.2, 0) is 6.18 Å². The zero-order valence-electron chi connectivity index (χ0n) is 18.5. The molecule has 1 heterocycles. The number of carbonyl (C=O) groups is 1. The maximum atomic E-state index is 13.0. The number of hydrogen-bond acceptors (Lipinski definition) is 2. The van der Waals surface area contributed by atoms with Gasteiger partial charge in [0.15, 0.2) is 0 Å². The summed E-state index contributed by atoms with van der Waals surface area (Å²) in [6.07, 6.45) is -0.667. The molecule has 5 atom stereocenters. The fraction of sp³-hybridized carbons (Fsp3) is 0.321. The van der Waals surface area contributed by atoms with E-state index in [9.17, 15) is 18.0 Å². The molecule has 1 amide bonds. The minimum atomic E-state index is -4.40. The molecule has 2 fully saturated rings. The third-order valence-corrected chi connectivity index (χ3v) is 7.98. The quantitative estimate of drug-likeness (QED) is 0.430. The molecular formula is C28H25F3N2O. The Hall–Kier alpha value is -3.28. The first-order valence-corrected chi connectivity index (χ1v) is 11.8. The highest BCUT2D eigenvalue weighted by molar-refractivity contribution is 6.04. The number of nitrogens with one attached hydrogen (secondary N) is 2. The summed E-state index contributed by atoms with van der Waals surface area (Å²) in [5.41, 5.74) is 3.72. The Morgan fingerprint density at radius 3 is 2.38 bits per heavy atom. The Morgan fingerprint density at radius 1 is 0.912 bits per heavy atom. The van der Waals surface area contributed by atoms with Crippen molar-refractivity contribution in [3.8, 4) is 0 Å². The highest BCUT2D eigenvalue weighted by Crippen LogP contribution is 2.63. The molecule has 6 heteroatoms. The smallest absolute Gasteiger partial charge is 0.378 e. The summed E-state index contributed by atoms with van der Waals surface area (Å²) in [5, 5.41) is 6.51. The molecule has 0 saturated heterocycles. The lowest BCUT2D eigenvalue weighted by Gasteiger charge is -2.43. The molecule has 2 saturated carbocycles. The maximum Gasteiger partial charge on any atom is 0.416 e. The fourth-order valence-electron chi connectivity index (χ4n) is 6.56. The van der Waals surface area contributed by atoms with Gasteiger partial charge >= 0.3 is 6.18 Å². The molecule has 3 aromatic carbocycles. The molecule has 2 N–H and O–H groups in total. The molecule has 174 valence electrons. The van der Waals surface area contributed by atoms with Crippen molar-refractivity contribution >= 4 is 17.3 Å². The van der Waals surface area contributed by atoms with Gasteiger partial charge in [-0.3, -0.25) is 4.79 Å². The van der Waals surface area contributed by atoms with Gasteiger partial charge in [-0.2, -0.15) is 13.2 Å². The van der Waals surface area contributed by atoms with Gasteiger partial charge in [0.05, 0.1) is 11.6 Å². The molecule has 0 spiro atoms. The summed E-state index contributed by atoms with van der Waals surface area (Å²) >= 11 is 0. The highest BCUT2D eigenvalue weighted by Gasteiger charge is 2.53. The van der Waals surface area contributed by atoms with Crippen LogP contribution in [0.4, 0.5) is 24.5 Å². The topological polar surface area (TPSA) is 41.1 Å². The van der Waals surface area contributed by atoms with E-state index < -0.39 is 11.7 Å². The Morgan fingerprint density at radius 2 is 1.65 bits per heavy atom. The van der Waals surface area contributed by atoms with Crippen LogP contribution in [-0.4, -0.2) is 5.91 Å². The Labute approximate surface area is 196 Å². The van der Waals surface area contributed by atoms with Crippen molar-refractivity contribution in [2.75, 3.05) is 10.6 Å². The van der Waals surface area contributed by atoms with Crippen molar-refractivity contribution in [1.29, 1.82) is 0 Å². The molecule has 2 bridgehead atoms. The summed E-state index contributed by atoms with van der Waals surface area (Å²) in [4.78, 5) is 13.0. The van der Waals surface area contributed by atoms with E-state index in [-0.39, 0.29) is 11.9 Å². The van der Waals surface area contributed by atoms with Crippen molar-refractivity contribution in [3.05, 3.63) is 95.1 Å². The van der Waals surface area contributed by atoms with Crippen LogP contribution in [0.2, 0.25) is 0 Å². The number of rotatable bonds is 3. The molecule has 3 aromatic rings. The average Bonchev–Trinajstić information content (AvgIpc) is 3.46. The van der Waals surface area contributed by atoms with Crippen molar-refractivity contribution < 1.29 is 18.0 Å². The first kappa shape index (κ1) is 21.3. The minimum absolute atomic E-state index is 0.265. The van der Waals surface area contributed by atoms with Gasteiger partial charge in [0.1, 0.15) is 0 Å². The van der Waals surface area contributed by atoms with Gasteiger partial charge in [-0.1, -0.05) is 30.3 Å². The second-order valence-electron chi connectivity index (χ2n) is 9.80. The Bertz CT molecular complexity index is 1220. The van der Waals surface area contributed by atoms with E-state index in [1.807, 2.05) is 18.2 Å². The lowest BCUT2D eigenvalue weighted by Crippen LogP contribution is -2.35. The normalized spacial score (nSPS) is 27.0. The number of carbonyl (C=O) groups excluding carboxylic acids is 1. The van der Waals surface area contributed by atoms with Gasteiger partial charge < -0.3 is 10.6 Å². The third kappa shape index (κ3) is 3.56. The monoisotopic (exact) mass is 462 g/mol. The number of hydrogen-bond donors (Lipinski definition) is 2. The molecule has 6 rings (SSSR count). The van der Waals surface area contributed by atoms with Crippen molar-refractivity contribution in [2.24, 2.45) is 17.8 Å². The lowest BCUT2D eigenvalue weighted by atomic mass is 9.68. The molecule has 1 aliphatic heterocycles. The van der Waals surface area contributed by atoms with E-state index in [0.717, 1.165) is 17.8 Å². The Kier molecular flexibility index (Phi) is 4.94. The first-order valence-electron chi connectivity index (χ1n) is 11.8. The fourth-order valence-corrected chi connectivity index (χ4v) is 6.56. The van der Waals surface area contributed by atoms with Crippen molar-refractivity contribution in [1.82, 2.24) is 0 Å². The number of halogens is 3. The van der Waals surface area contributed by atoms with Gasteiger partial charge in [0.25, 0.3) is 5.91 Å². The maximum absolute atomic E-state index is 13.0. The van der Waals surface area contributed by atoms with Crippen LogP contribution < -0.4 is 10.6 Å². The summed E-state index contributed by atoms with van der Waals surface area (Å²) in [6.45, 7) is 0. The molecular weight excluding hydrogens is 437 g/mol. The third-order valence-electron chi connectivity index (χ3n) is 7.98. The predicted molar refractivity (Wildman–Crippen MR) is 126 cm³/mol. The van der Waals surface area contributed by atoms with Crippen LogP contribution >= 0.6 is 0 Å². The first-order chi connectivity index (χ1) is 16.4. The average molecular weight is 463 g/mol. The van der Waals surface area contributed by atoms with Crippen molar-refractivity contribution in [2.45, 2.75) is 37.4 Å². The van der Waals surface area contributed by atoms with Crippen LogP contribution in [0.5, 0.6) is 0 Å². The number of anilines is 2.